The van der Waals surface area contributed by atoms with Gasteiger partial charge in [-0.2, -0.15) is 0 Å². The standard InChI is InChI=1S/C25H44N6/c1-4-26-25(27-19-22(3)20-31-17-15-29(5-2)16-18-31)28-24-11-13-30(14-12-24)21-23-9-7-6-8-10-23/h6-10,22,24H,4-5,11-21H2,1-3H3,(H2,26,27,28). The Labute approximate surface area is 190 Å². The Kier molecular flexibility index (Phi) is 10.1. The molecule has 0 radical (unpaired) electrons. The van der Waals surface area contributed by atoms with Gasteiger partial charge in [-0.05, 0) is 37.8 Å². The SMILES string of the molecule is CCNC(=NCC(C)CN1CCN(CC)CC1)NC1CCN(Cc2ccccc2)CC1. The van der Waals surface area contributed by atoms with Crippen molar-refractivity contribution < 1.29 is 0 Å². The number of rotatable bonds is 9. The van der Waals surface area contributed by atoms with Gasteiger partial charge in [-0.25, -0.2) is 0 Å². The van der Waals surface area contributed by atoms with Crippen LogP contribution >= 0.6 is 0 Å². The zero-order valence-electron chi connectivity index (χ0n) is 20.0. The van der Waals surface area contributed by atoms with Gasteiger partial charge in [-0.1, -0.05) is 44.2 Å². The summed E-state index contributed by atoms with van der Waals surface area (Å²) >= 11 is 0. The second kappa shape index (κ2) is 13.0. The quantitative estimate of drug-likeness (QED) is 0.467. The van der Waals surface area contributed by atoms with Gasteiger partial charge in [0.15, 0.2) is 5.96 Å². The van der Waals surface area contributed by atoms with Gasteiger partial charge < -0.3 is 20.4 Å². The van der Waals surface area contributed by atoms with Crippen molar-refractivity contribution in [1.82, 2.24) is 25.3 Å². The van der Waals surface area contributed by atoms with Crippen LogP contribution in [0.25, 0.3) is 0 Å². The average Bonchev–Trinajstić information content (AvgIpc) is 2.80. The van der Waals surface area contributed by atoms with E-state index < -0.39 is 0 Å². The fraction of sp³-hybridized carbons (Fsp3) is 0.720. The van der Waals surface area contributed by atoms with Gasteiger partial charge in [-0.15, -0.1) is 0 Å². The fourth-order valence-corrected chi connectivity index (χ4v) is 4.62. The molecule has 6 heteroatoms. The number of aliphatic imine (C=N–C) groups is 1. The predicted octanol–water partition coefficient (Wildman–Crippen LogP) is 2.48. The minimum absolute atomic E-state index is 0.516. The fourth-order valence-electron chi connectivity index (χ4n) is 4.62. The number of piperazine rings is 1. The molecule has 0 amide bonds. The van der Waals surface area contributed by atoms with Crippen molar-refractivity contribution in [2.45, 2.75) is 46.2 Å². The van der Waals surface area contributed by atoms with Crippen LogP contribution in [0.15, 0.2) is 35.3 Å². The van der Waals surface area contributed by atoms with Crippen molar-refractivity contribution in [1.29, 1.82) is 0 Å². The normalized spacial score (nSPS) is 21.2. The van der Waals surface area contributed by atoms with E-state index in [1.165, 1.54) is 51.1 Å². The summed E-state index contributed by atoms with van der Waals surface area (Å²) in [5.74, 6) is 1.57. The van der Waals surface area contributed by atoms with Crippen LogP contribution in [-0.2, 0) is 6.54 Å². The maximum absolute atomic E-state index is 4.93. The predicted molar refractivity (Wildman–Crippen MR) is 132 cm³/mol. The topological polar surface area (TPSA) is 46.1 Å². The third-order valence-electron chi connectivity index (χ3n) is 6.56. The van der Waals surface area contributed by atoms with Gasteiger partial charge in [0.2, 0.25) is 0 Å². The van der Waals surface area contributed by atoms with E-state index in [9.17, 15) is 0 Å². The molecule has 1 aromatic rings. The van der Waals surface area contributed by atoms with Crippen molar-refractivity contribution in [2.75, 3.05) is 65.4 Å². The highest BCUT2D eigenvalue weighted by molar-refractivity contribution is 5.80. The molecule has 2 fully saturated rings. The van der Waals surface area contributed by atoms with Gasteiger partial charge in [0.25, 0.3) is 0 Å². The molecule has 0 spiro atoms. The highest BCUT2D eigenvalue weighted by Gasteiger charge is 2.21. The summed E-state index contributed by atoms with van der Waals surface area (Å²) in [6.45, 7) is 19.0. The van der Waals surface area contributed by atoms with Gasteiger partial charge in [0, 0.05) is 71.5 Å². The lowest BCUT2D eigenvalue weighted by molar-refractivity contribution is 0.125. The Morgan fingerprint density at radius 2 is 1.65 bits per heavy atom. The highest BCUT2D eigenvalue weighted by Crippen LogP contribution is 2.14. The van der Waals surface area contributed by atoms with E-state index in [2.05, 4.69) is 76.4 Å². The van der Waals surface area contributed by atoms with Crippen LogP contribution in [0.4, 0.5) is 0 Å². The molecule has 0 aliphatic carbocycles. The summed E-state index contributed by atoms with van der Waals surface area (Å²) in [5.41, 5.74) is 1.41. The third kappa shape index (κ3) is 8.43. The number of likely N-dealkylation sites (N-methyl/N-ethyl adjacent to an activating group) is 1. The van der Waals surface area contributed by atoms with Gasteiger partial charge in [0.1, 0.15) is 0 Å². The first-order chi connectivity index (χ1) is 15.2. The summed E-state index contributed by atoms with van der Waals surface area (Å²) in [4.78, 5) is 12.6. The van der Waals surface area contributed by atoms with E-state index in [1.807, 2.05) is 0 Å². The van der Waals surface area contributed by atoms with Gasteiger partial charge >= 0.3 is 0 Å². The van der Waals surface area contributed by atoms with E-state index in [0.717, 1.165) is 45.2 Å². The van der Waals surface area contributed by atoms with Crippen LogP contribution in [0.5, 0.6) is 0 Å². The molecule has 174 valence electrons. The minimum Gasteiger partial charge on any atom is -0.357 e. The number of nitrogens with zero attached hydrogens (tertiary/aromatic N) is 4. The average molecular weight is 429 g/mol. The molecule has 2 saturated heterocycles. The van der Waals surface area contributed by atoms with E-state index >= 15 is 0 Å². The highest BCUT2D eigenvalue weighted by atomic mass is 15.3. The molecular formula is C25H44N6. The Morgan fingerprint density at radius 1 is 0.968 bits per heavy atom. The van der Waals surface area contributed by atoms with Crippen LogP contribution in [0, 0.1) is 5.92 Å². The molecule has 1 unspecified atom stereocenters. The smallest absolute Gasteiger partial charge is 0.191 e. The van der Waals surface area contributed by atoms with E-state index in [4.69, 9.17) is 4.99 Å². The number of nitrogens with one attached hydrogen (secondary N) is 2. The van der Waals surface area contributed by atoms with Gasteiger partial charge in [0.05, 0.1) is 0 Å². The molecule has 0 aromatic heterocycles. The van der Waals surface area contributed by atoms with Crippen molar-refractivity contribution in [3.05, 3.63) is 35.9 Å². The van der Waals surface area contributed by atoms with Crippen LogP contribution < -0.4 is 10.6 Å². The minimum atomic E-state index is 0.516. The Hall–Kier alpha value is -1.63. The molecule has 0 saturated carbocycles. The van der Waals surface area contributed by atoms with E-state index in [0.29, 0.717) is 12.0 Å². The third-order valence-corrected chi connectivity index (χ3v) is 6.56. The molecule has 1 aromatic carbocycles. The van der Waals surface area contributed by atoms with Crippen molar-refractivity contribution >= 4 is 5.96 Å². The molecule has 2 aliphatic rings. The monoisotopic (exact) mass is 428 g/mol. The largest absolute Gasteiger partial charge is 0.357 e. The molecule has 31 heavy (non-hydrogen) atoms. The van der Waals surface area contributed by atoms with Crippen molar-refractivity contribution in [3.63, 3.8) is 0 Å². The first-order valence-corrected chi connectivity index (χ1v) is 12.4. The number of likely N-dealkylation sites (tertiary alicyclic amines) is 1. The first kappa shape index (κ1) is 24.0. The number of benzene rings is 1. The zero-order valence-corrected chi connectivity index (χ0v) is 20.0. The number of hydrogen-bond donors (Lipinski definition) is 2. The Morgan fingerprint density at radius 3 is 2.29 bits per heavy atom. The van der Waals surface area contributed by atoms with E-state index in [1.54, 1.807) is 0 Å². The van der Waals surface area contributed by atoms with Crippen LogP contribution in [0.3, 0.4) is 0 Å². The number of hydrogen-bond acceptors (Lipinski definition) is 4. The Balaban J connectivity index is 1.39. The maximum atomic E-state index is 4.93. The summed E-state index contributed by atoms with van der Waals surface area (Å²) in [7, 11) is 0. The number of piperidine rings is 1. The van der Waals surface area contributed by atoms with Crippen LogP contribution in [0.2, 0.25) is 0 Å². The summed E-state index contributed by atoms with van der Waals surface area (Å²) in [6.07, 6.45) is 2.35. The number of guanidine groups is 1. The molecule has 6 nitrogen and oxygen atoms in total. The Bertz CT molecular complexity index is 633. The summed E-state index contributed by atoms with van der Waals surface area (Å²) < 4.78 is 0. The molecule has 2 N–H and O–H groups in total. The van der Waals surface area contributed by atoms with Crippen LogP contribution in [0.1, 0.15) is 39.2 Å². The van der Waals surface area contributed by atoms with E-state index in [-0.39, 0.29) is 0 Å². The lowest BCUT2D eigenvalue weighted by Gasteiger charge is -2.35. The molecule has 0 bridgehead atoms. The summed E-state index contributed by atoms with van der Waals surface area (Å²) in [5, 5.41) is 7.16. The maximum Gasteiger partial charge on any atom is 0.191 e. The zero-order chi connectivity index (χ0) is 21.9. The molecule has 1 atom stereocenters. The first-order valence-electron chi connectivity index (χ1n) is 12.4. The van der Waals surface area contributed by atoms with Crippen molar-refractivity contribution in [3.8, 4) is 0 Å². The molecule has 2 heterocycles. The molecular weight excluding hydrogens is 384 g/mol. The second-order valence-electron chi connectivity index (χ2n) is 9.24. The molecule has 2 aliphatic heterocycles. The second-order valence-corrected chi connectivity index (χ2v) is 9.24. The van der Waals surface area contributed by atoms with Crippen molar-refractivity contribution in [2.24, 2.45) is 10.9 Å². The van der Waals surface area contributed by atoms with Gasteiger partial charge in [-0.3, -0.25) is 9.89 Å². The van der Waals surface area contributed by atoms with Crippen LogP contribution in [-0.4, -0.2) is 92.1 Å². The molecule has 3 rings (SSSR count). The summed E-state index contributed by atoms with van der Waals surface area (Å²) in [6, 6.07) is 11.3. The lowest BCUT2D eigenvalue weighted by Crippen LogP contribution is -2.49. The lowest BCUT2D eigenvalue weighted by atomic mass is 10.0.